The molecule has 1 N–H and O–H groups in total. The van der Waals surface area contributed by atoms with E-state index in [1.54, 1.807) is 6.07 Å². The Morgan fingerprint density at radius 3 is 2.71 bits per heavy atom. The van der Waals surface area contributed by atoms with Crippen LogP contribution in [0.15, 0.2) is 18.2 Å². The predicted molar refractivity (Wildman–Crippen MR) is 73.0 cm³/mol. The van der Waals surface area contributed by atoms with Crippen molar-refractivity contribution in [3.8, 4) is 0 Å². The molecule has 1 unspecified atom stereocenters. The number of carbonyl (C=O) groups is 1. The molecule has 0 aliphatic heterocycles. The van der Waals surface area contributed by atoms with Gasteiger partial charge >= 0.3 is 0 Å². The molecule has 0 saturated heterocycles. The van der Waals surface area contributed by atoms with Gasteiger partial charge in [0.2, 0.25) is 0 Å². The van der Waals surface area contributed by atoms with Crippen LogP contribution in [-0.2, 0) is 0 Å². The Labute approximate surface area is 112 Å². The predicted octanol–water partition coefficient (Wildman–Crippen LogP) is 3.64. The minimum atomic E-state index is -0.0861. The van der Waals surface area contributed by atoms with Crippen molar-refractivity contribution < 1.29 is 4.79 Å². The van der Waals surface area contributed by atoms with Gasteiger partial charge < -0.3 is 5.32 Å². The van der Waals surface area contributed by atoms with E-state index in [-0.39, 0.29) is 5.91 Å². The van der Waals surface area contributed by atoms with E-state index in [0.717, 1.165) is 12.0 Å². The highest BCUT2D eigenvalue weighted by molar-refractivity contribution is 6.31. The van der Waals surface area contributed by atoms with Crippen molar-refractivity contribution >= 4 is 29.1 Å². The van der Waals surface area contributed by atoms with E-state index >= 15 is 0 Å². The third-order valence-corrected chi connectivity index (χ3v) is 2.95. The number of carbonyl (C=O) groups excluding carboxylic acids is 1. The molecule has 1 aromatic rings. The Balaban J connectivity index is 2.58. The number of nitrogens with one attached hydrogen (secondary N) is 1. The van der Waals surface area contributed by atoms with Gasteiger partial charge in [-0.1, -0.05) is 18.5 Å². The Kier molecular flexibility index (Phi) is 5.79. The molecule has 0 aliphatic rings. The summed E-state index contributed by atoms with van der Waals surface area (Å²) < 4.78 is 0. The molecule has 0 saturated carbocycles. The van der Waals surface area contributed by atoms with Gasteiger partial charge in [0.25, 0.3) is 5.91 Å². The van der Waals surface area contributed by atoms with Crippen LogP contribution in [-0.4, -0.2) is 18.3 Å². The number of benzene rings is 1. The van der Waals surface area contributed by atoms with E-state index in [1.807, 2.05) is 19.1 Å². The number of hydrogen-bond acceptors (Lipinski definition) is 1. The molecule has 94 valence electrons. The smallest absolute Gasteiger partial charge is 0.251 e. The van der Waals surface area contributed by atoms with E-state index in [1.165, 1.54) is 0 Å². The first-order valence-corrected chi connectivity index (χ1v) is 6.55. The van der Waals surface area contributed by atoms with Gasteiger partial charge in [0.15, 0.2) is 0 Å². The first-order valence-electron chi connectivity index (χ1n) is 5.64. The largest absolute Gasteiger partial charge is 0.352 e. The van der Waals surface area contributed by atoms with Crippen LogP contribution in [0.3, 0.4) is 0 Å². The second-order valence-corrected chi connectivity index (χ2v) is 5.12. The summed E-state index contributed by atoms with van der Waals surface area (Å²) >= 11 is 11.5. The SMILES string of the molecule is Cc1cc(Cl)cc(C(=O)NCC(C)CCCl)c1. The van der Waals surface area contributed by atoms with Gasteiger partial charge in [0.1, 0.15) is 0 Å². The lowest BCUT2D eigenvalue weighted by Crippen LogP contribution is -2.28. The van der Waals surface area contributed by atoms with E-state index in [4.69, 9.17) is 23.2 Å². The van der Waals surface area contributed by atoms with Crippen LogP contribution < -0.4 is 5.32 Å². The molecule has 1 aromatic carbocycles. The summed E-state index contributed by atoms with van der Waals surface area (Å²) in [6.07, 6.45) is 0.899. The molecule has 1 atom stereocenters. The van der Waals surface area contributed by atoms with E-state index in [2.05, 4.69) is 12.2 Å². The van der Waals surface area contributed by atoms with Gasteiger partial charge in [-0.25, -0.2) is 0 Å². The standard InChI is InChI=1S/C13H17Cl2NO/c1-9(3-4-14)8-16-13(17)11-5-10(2)6-12(15)7-11/h5-7,9H,3-4,8H2,1-2H3,(H,16,17). The minimum Gasteiger partial charge on any atom is -0.352 e. The zero-order chi connectivity index (χ0) is 12.8. The minimum absolute atomic E-state index is 0.0861. The van der Waals surface area contributed by atoms with Crippen LogP contribution in [0.2, 0.25) is 5.02 Å². The van der Waals surface area contributed by atoms with E-state index in [0.29, 0.717) is 28.9 Å². The topological polar surface area (TPSA) is 29.1 Å². The monoisotopic (exact) mass is 273 g/mol. The molecule has 2 nitrogen and oxygen atoms in total. The molecule has 0 bridgehead atoms. The Morgan fingerprint density at radius 1 is 1.41 bits per heavy atom. The number of hydrogen-bond donors (Lipinski definition) is 1. The fourth-order valence-corrected chi connectivity index (χ4v) is 2.19. The van der Waals surface area contributed by atoms with Crippen LogP contribution in [0.1, 0.15) is 29.3 Å². The highest BCUT2D eigenvalue weighted by atomic mass is 35.5. The van der Waals surface area contributed by atoms with Gasteiger partial charge in [0, 0.05) is 23.0 Å². The summed E-state index contributed by atoms with van der Waals surface area (Å²) in [5.41, 5.74) is 1.59. The molecule has 0 radical (unpaired) electrons. The van der Waals surface area contributed by atoms with Crippen molar-refractivity contribution in [1.82, 2.24) is 5.32 Å². The molecular weight excluding hydrogens is 257 g/mol. The maximum atomic E-state index is 11.9. The van der Waals surface area contributed by atoms with Crippen molar-refractivity contribution in [3.63, 3.8) is 0 Å². The zero-order valence-electron chi connectivity index (χ0n) is 10.1. The second kappa shape index (κ2) is 6.87. The first-order chi connectivity index (χ1) is 8.02. The number of rotatable bonds is 5. The summed E-state index contributed by atoms with van der Waals surface area (Å²) in [5, 5.41) is 3.47. The maximum absolute atomic E-state index is 11.9. The molecular formula is C13H17Cl2NO. The lowest BCUT2D eigenvalue weighted by Gasteiger charge is -2.11. The summed E-state index contributed by atoms with van der Waals surface area (Å²) in [6.45, 7) is 4.61. The average molecular weight is 274 g/mol. The molecule has 0 spiro atoms. The van der Waals surface area contributed by atoms with E-state index in [9.17, 15) is 4.79 Å². The Bertz CT molecular complexity index is 373. The fourth-order valence-electron chi connectivity index (χ4n) is 1.52. The lowest BCUT2D eigenvalue weighted by molar-refractivity contribution is 0.0948. The van der Waals surface area contributed by atoms with Gasteiger partial charge in [0.05, 0.1) is 0 Å². The average Bonchev–Trinajstić information content (AvgIpc) is 2.25. The molecule has 0 aliphatic carbocycles. The molecule has 1 amide bonds. The molecule has 0 fully saturated rings. The number of alkyl halides is 1. The van der Waals surface area contributed by atoms with Gasteiger partial charge in [-0.15, -0.1) is 11.6 Å². The van der Waals surface area contributed by atoms with Crippen molar-refractivity contribution in [3.05, 3.63) is 34.3 Å². The van der Waals surface area contributed by atoms with Crippen LogP contribution in [0.5, 0.6) is 0 Å². The molecule has 4 heteroatoms. The second-order valence-electron chi connectivity index (χ2n) is 4.31. The van der Waals surface area contributed by atoms with E-state index < -0.39 is 0 Å². The van der Waals surface area contributed by atoms with Gasteiger partial charge in [-0.05, 0) is 43.0 Å². The maximum Gasteiger partial charge on any atom is 0.251 e. The first kappa shape index (κ1) is 14.3. The third-order valence-electron chi connectivity index (χ3n) is 2.52. The number of halogens is 2. The lowest BCUT2D eigenvalue weighted by atomic mass is 10.1. The fraction of sp³-hybridized carbons (Fsp3) is 0.462. The van der Waals surface area contributed by atoms with Crippen LogP contribution >= 0.6 is 23.2 Å². The summed E-state index contributed by atoms with van der Waals surface area (Å²) in [4.78, 5) is 11.9. The van der Waals surface area contributed by atoms with Crippen LogP contribution in [0, 0.1) is 12.8 Å². The van der Waals surface area contributed by atoms with Crippen molar-refractivity contribution in [1.29, 1.82) is 0 Å². The van der Waals surface area contributed by atoms with Gasteiger partial charge in [-0.2, -0.15) is 0 Å². The highest BCUT2D eigenvalue weighted by Gasteiger charge is 2.08. The molecule has 0 aromatic heterocycles. The van der Waals surface area contributed by atoms with Crippen LogP contribution in [0.4, 0.5) is 0 Å². The van der Waals surface area contributed by atoms with Crippen LogP contribution in [0.25, 0.3) is 0 Å². The quantitative estimate of drug-likeness (QED) is 0.816. The normalized spacial score (nSPS) is 12.2. The Hall–Kier alpha value is -0.730. The summed E-state index contributed by atoms with van der Waals surface area (Å²) in [7, 11) is 0. The number of aryl methyl sites for hydroxylation is 1. The van der Waals surface area contributed by atoms with Gasteiger partial charge in [-0.3, -0.25) is 4.79 Å². The number of amides is 1. The summed E-state index contributed by atoms with van der Waals surface area (Å²) in [6, 6.07) is 5.33. The Morgan fingerprint density at radius 2 is 2.12 bits per heavy atom. The van der Waals surface area contributed by atoms with Crippen molar-refractivity contribution in [2.45, 2.75) is 20.3 Å². The van der Waals surface area contributed by atoms with Crippen molar-refractivity contribution in [2.75, 3.05) is 12.4 Å². The summed E-state index contributed by atoms with van der Waals surface area (Å²) in [5.74, 6) is 0.918. The third kappa shape index (κ3) is 4.97. The van der Waals surface area contributed by atoms with Crippen molar-refractivity contribution in [2.24, 2.45) is 5.92 Å². The molecule has 1 rings (SSSR count). The molecule has 17 heavy (non-hydrogen) atoms. The zero-order valence-corrected chi connectivity index (χ0v) is 11.6. The molecule has 0 heterocycles. The highest BCUT2D eigenvalue weighted by Crippen LogP contribution is 2.14.